The lowest BCUT2D eigenvalue weighted by atomic mass is 9.86. The van der Waals surface area contributed by atoms with Crippen molar-refractivity contribution in [2.75, 3.05) is 13.7 Å². The fourth-order valence-corrected chi connectivity index (χ4v) is 3.46. The summed E-state index contributed by atoms with van der Waals surface area (Å²) in [5.74, 6) is -0.748. The molecule has 1 N–H and O–H groups in total. The molecule has 0 unspecified atom stereocenters. The van der Waals surface area contributed by atoms with Crippen LogP contribution in [0.5, 0.6) is 0 Å². The zero-order valence-electron chi connectivity index (χ0n) is 18.9. The first-order valence-corrected chi connectivity index (χ1v) is 12.7. The van der Waals surface area contributed by atoms with Crippen molar-refractivity contribution in [1.82, 2.24) is 5.32 Å². The van der Waals surface area contributed by atoms with E-state index in [9.17, 15) is 9.59 Å². The van der Waals surface area contributed by atoms with Gasteiger partial charge in [0.05, 0.1) is 7.11 Å². The molecular formula is C22H37NO4Si. The van der Waals surface area contributed by atoms with Crippen molar-refractivity contribution in [3.05, 3.63) is 35.4 Å². The lowest BCUT2D eigenvalue weighted by Gasteiger charge is -2.36. The van der Waals surface area contributed by atoms with Gasteiger partial charge >= 0.3 is 5.97 Å². The van der Waals surface area contributed by atoms with Gasteiger partial charge in [-0.2, -0.15) is 0 Å². The second-order valence-corrected chi connectivity index (χ2v) is 14.6. The third kappa shape index (κ3) is 6.74. The number of amides is 1. The average Bonchev–Trinajstić information content (AvgIpc) is 2.58. The van der Waals surface area contributed by atoms with E-state index in [1.165, 1.54) is 7.11 Å². The van der Waals surface area contributed by atoms with Gasteiger partial charge in [0.15, 0.2) is 8.32 Å². The number of benzene rings is 1. The van der Waals surface area contributed by atoms with Crippen molar-refractivity contribution in [2.45, 2.75) is 77.6 Å². The number of nitrogens with one attached hydrogen (secondary N) is 1. The number of hydrogen-bond donors (Lipinski definition) is 1. The summed E-state index contributed by atoms with van der Waals surface area (Å²) in [6.45, 7) is 17.6. The summed E-state index contributed by atoms with van der Waals surface area (Å²) in [5.41, 5.74) is 1.69. The molecule has 0 aliphatic heterocycles. The molecule has 0 bridgehead atoms. The third-order valence-corrected chi connectivity index (χ3v) is 10.0. The molecule has 158 valence electrons. The molecule has 1 rings (SSSR count). The van der Waals surface area contributed by atoms with Crippen molar-refractivity contribution < 1.29 is 18.8 Å². The fourth-order valence-electron chi connectivity index (χ4n) is 2.40. The molecule has 0 aromatic heterocycles. The van der Waals surface area contributed by atoms with Crippen LogP contribution in [0.3, 0.4) is 0 Å². The minimum Gasteiger partial charge on any atom is -0.467 e. The van der Waals surface area contributed by atoms with Gasteiger partial charge in [-0.1, -0.05) is 53.7 Å². The van der Waals surface area contributed by atoms with Crippen LogP contribution in [0.4, 0.5) is 0 Å². The summed E-state index contributed by atoms with van der Waals surface area (Å²) in [4.78, 5) is 24.7. The van der Waals surface area contributed by atoms with Gasteiger partial charge in [0.25, 0.3) is 5.91 Å². The first kappa shape index (κ1) is 24.4. The Morgan fingerprint density at radius 2 is 1.57 bits per heavy atom. The van der Waals surface area contributed by atoms with E-state index in [2.05, 4.69) is 60.0 Å². The molecule has 0 spiro atoms. The Hall–Kier alpha value is -1.66. The van der Waals surface area contributed by atoms with E-state index < -0.39 is 20.3 Å². The van der Waals surface area contributed by atoms with Crippen LogP contribution in [0.15, 0.2) is 24.3 Å². The number of rotatable bonds is 7. The molecule has 1 atom stereocenters. The van der Waals surface area contributed by atoms with Crippen LogP contribution in [-0.2, 0) is 19.4 Å². The maximum Gasteiger partial charge on any atom is 0.328 e. The van der Waals surface area contributed by atoms with Gasteiger partial charge in [0.1, 0.15) is 6.04 Å². The molecule has 0 fully saturated rings. The standard InChI is InChI=1S/C22H37NO4Si/c1-21(2,3)17-12-10-16(11-13-17)19(24)23-18(20(25)26-7)14-15-27-28(8,9)22(4,5)6/h10-13,18H,14-15H2,1-9H3,(H,23,24)/t18-/m0/s1. The SMILES string of the molecule is COC(=O)[C@H](CCO[Si](C)(C)C(C)(C)C)NC(=O)c1ccc(C(C)(C)C)cc1. The highest BCUT2D eigenvalue weighted by Gasteiger charge is 2.37. The normalized spacial score (nSPS) is 13.8. The monoisotopic (exact) mass is 407 g/mol. The summed E-state index contributed by atoms with van der Waals surface area (Å²) < 4.78 is 11.0. The van der Waals surface area contributed by atoms with E-state index in [-0.39, 0.29) is 16.4 Å². The van der Waals surface area contributed by atoms with Crippen LogP contribution in [0.25, 0.3) is 0 Å². The second-order valence-electron chi connectivity index (χ2n) is 9.77. The quantitative estimate of drug-likeness (QED) is 0.527. The predicted molar refractivity (Wildman–Crippen MR) is 116 cm³/mol. The summed E-state index contributed by atoms with van der Waals surface area (Å²) in [6.07, 6.45) is 0.380. The number of esters is 1. The maximum absolute atomic E-state index is 12.6. The molecule has 0 heterocycles. The fraction of sp³-hybridized carbons (Fsp3) is 0.636. The van der Waals surface area contributed by atoms with Crippen molar-refractivity contribution in [3.8, 4) is 0 Å². The Morgan fingerprint density at radius 1 is 1.04 bits per heavy atom. The first-order valence-electron chi connectivity index (χ1n) is 9.82. The Kier molecular flexibility index (Phi) is 8.03. The Balaban J connectivity index is 2.78. The Bertz CT molecular complexity index is 669. The summed E-state index contributed by atoms with van der Waals surface area (Å²) in [5, 5.41) is 2.88. The molecule has 1 aromatic rings. The molecule has 1 amide bonds. The molecule has 5 nitrogen and oxygen atoms in total. The van der Waals surface area contributed by atoms with Crippen molar-refractivity contribution in [2.24, 2.45) is 0 Å². The molecule has 0 saturated heterocycles. The molecule has 0 radical (unpaired) electrons. The van der Waals surface area contributed by atoms with Gasteiger partial charge in [0.2, 0.25) is 0 Å². The van der Waals surface area contributed by atoms with E-state index in [4.69, 9.17) is 9.16 Å². The highest BCUT2D eigenvalue weighted by molar-refractivity contribution is 6.74. The van der Waals surface area contributed by atoms with Crippen LogP contribution < -0.4 is 5.32 Å². The zero-order valence-corrected chi connectivity index (χ0v) is 19.9. The zero-order chi connectivity index (χ0) is 21.8. The van der Waals surface area contributed by atoms with Crippen LogP contribution in [-0.4, -0.2) is 40.0 Å². The average molecular weight is 408 g/mol. The molecule has 0 aliphatic rings. The van der Waals surface area contributed by atoms with Crippen LogP contribution in [0.2, 0.25) is 18.1 Å². The van der Waals surface area contributed by atoms with E-state index in [1.54, 1.807) is 12.1 Å². The Labute approximate surface area is 171 Å². The predicted octanol–water partition coefficient (Wildman–Crippen LogP) is 4.67. The van der Waals surface area contributed by atoms with E-state index in [1.807, 2.05) is 12.1 Å². The van der Waals surface area contributed by atoms with Gasteiger partial charge in [0, 0.05) is 18.6 Å². The summed E-state index contributed by atoms with van der Waals surface area (Å²) >= 11 is 0. The highest BCUT2D eigenvalue weighted by Crippen LogP contribution is 2.36. The van der Waals surface area contributed by atoms with Gasteiger partial charge in [-0.15, -0.1) is 0 Å². The molecule has 6 heteroatoms. The molecule has 0 saturated carbocycles. The molecule has 0 aliphatic carbocycles. The third-order valence-electron chi connectivity index (χ3n) is 5.48. The number of carbonyl (C=O) groups is 2. The maximum atomic E-state index is 12.6. The largest absolute Gasteiger partial charge is 0.467 e. The van der Waals surface area contributed by atoms with Gasteiger partial charge in [-0.3, -0.25) is 4.79 Å². The van der Waals surface area contributed by atoms with Gasteiger partial charge in [-0.25, -0.2) is 4.79 Å². The minimum absolute atomic E-state index is 0.0185. The van der Waals surface area contributed by atoms with Crippen molar-refractivity contribution in [1.29, 1.82) is 0 Å². The van der Waals surface area contributed by atoms with Crippen LogP contribution >= 0.6 is 0 Å². The van der Waals surface area contributed by atoms with E-state index >= 15 is 0 Å². The van der Waals surface area contributed by atoms with Crippen molar-refractivity contribution in [3.63, 3.8) is 0 Å². The molecular weight excluding hydrogens is 370 g/mol. The van der Waals surface area contributed by atoms with Crippen molar-refractivity contribution >= 4 is 20.2 Å². The van der Waals surface area contributed by atoms with Gasteiger partial charge in [-0.05, 0) is 41.2 Å². The van der Waals surface area contributed by atoms with Gasteiger partial charge < -0.3 is 14.5 Å². The van der Waals surface area contributed by atoms with E-state index in [0.717, 1.165) is 5.56 Å². The summed E-state index contributed by atoms with van der Waals surface area (Å²) in [6, 6.07) is 6.74. The summed E-state index contributed by atoms with van der Waals surface area (Å²) in [7, 11) is -0.582. The number of methoxy groups -OCH3 is 1. The lowest BCUT2D eigenvalue weighted by molar-refractivity contribution is -0.143. The number of ether oxygens (including phenoxy) is 1. The lowest BCUT2D eigenvalue weighted by Crippen LogP contribution is -2.45. The minimum atomic E-state index is -1.91. The topological polar surface area (TPSA) is 64.6 Å². The number of carbonyl (C=O) groups excluding carboxylic acids is 2. The number of hydrogen-bond acceptors (Lipinski definition) is 4. The molecule has 28 heavy (non-hydrogen) atoms. The highest BCUT2D eigenvalue weighted by atomic mass is 28.4. The smallest absolute Gasteiger partial charge is 0.328 e. The van der Waals surface area contributed by atoms with E-state index in [0.29, 0.717) is 18.6 Å². The Morgan fingerprint density at radius 3 is 2.00 bits per heavy atom. The molecule has 1 aromatic carbocycles. The first-order chi connectivity index (χ1) is 12.7. The van der Waals surface area contributed by atoms with Crippen LogP contribution in [0.1, 0.15) is 63.9 Å². The van der Waals surface area contributed by atoms with Crippen LogP contribution in [0, 0.1) is 0 Å². The second kappa shape index (κ2) is 9.22.